The Bertz CT molecular complexity index is 361. The fraction of sp³-hybridized carbons (Fsp3) is 0.533. The number of carbonyl (C=O) groups is 1. The fourth-order valence-electron chi connectivity index (χ4n) is 1.77. The van der Waals surface area contributed by atoms with Crippen LogP contribution in [0, 0.1) is 0 Å². The van der Waals surface area contributed by atoms with Crippen LogP contribution >= 0.6 is 0 Å². The van der Waals surface area contributed by atoms with Crippen molar-refractivity contribution in [3.63, 3.8) is 0 Å². The molecule has 0 unspecified atom stereocenters. The molecule has 0 aliphatic rings. The normalized spacial score (nSPS) is 10.3. The number of hydrogen-bond donors (Lipinski definition) is 0. The molecule has 1 aromatic rings. The molecule has 0 heterocycles. The van der Waals surface area contributed by atoms with Crippen molar-refractivity contribution in [3.8, 4) is 0 Å². The highest BCUT2D eigenvalue weighted by Gasteiger charge is 2.10. The first kappa shape index (κ1) is 14.7. The summed E-state index contributed by atoms with van der Waals surface area (Å²) in [6.07, 6.45) is 4.76. The first-order chi connectivity index (χ1) is 8.79. The van der Waals surface area contributed by atoms with Crippen molar-refractivity contribution in [1.82, 2.24) is 0 Å². The van der Waals surface area contributed by atoms with Crippen LogP contribution in [0.15, 0.2) is 24.3 Å². The van der Waals surface area contributed by atoms with Crippen LogP contribution in [0.4, 0.5) is 0 Å². The van der Waals surface area contributed by atoms with E-state index < -0.39 is 0 Å². The highest BCUT2D eigenvalue weighted by molar-refractivity contribution is 5.90. The molecule has 0 N–H and O–H groups in total. The molecule has 0 radical (unpaired) electrons. The molecule has 3 nitrogen and oxygen atoms in total. The van der Waals surface area contributed by atoms with E-state index in [1.54, 1.807) is 6.07 Å². The van der Waals surface area contributed by atoms with Crippen molar-refractivity contribution < 1.29 is 14.3 Å². The lowest BCUT2D eigenvalue weighted by Crippen LogP contribution is -2.07. The van der Waals surface area contributed by atoms with Gasteiger partial charge >= 0.3 is 5.97 Å². The number of methoxy groups -OCH3 is 1. The Morgan fingerprint density at radius 2 is 1.94 bits per heavy atom. The first-order valence-electron chi connectivity index (χ1n) is 6.53. The zero-order chi connectivity index (χ0) is 13.2. The summed E-state index contributed by atoms with van der Waals surface area (Å²) in [6, 6.07) is 7.40. The van der Waals surface area contributed by atoms with E-state index in [-0.39, 0.29) is 5.97 Å². The summed E-state index contributed by atoms with van der Waals surface area (Å²) in [7, 11) is 1.39. The summed E-state index contributed by atoms with van der Waals surface area (Å²) in [5.74, 6) is -0.305. The summed E-state index contributed by atoms with van der Waals surface area (Å²) in [5.41, 5.74) is 1.48. The molecule has 0 saturated carbocycles. The molecular formula is C15H22O3. The van der Waals surface area contributed by atoms with Gasteiger partial charge in [0.05, 0.1) is 19.3 Å². The highest BCUT2D eigenvalue weighted by Crippen LogP contribution is 2.11. The molecule has 0 aliphatic carbocycles. The SMILES string of the molecule is CCCCCCOCc1ccccc1C(=O)OC. The maximum absolute atomic E-state index is 11.5. The van der Waals surface area contributed by atoms with Gasteiger partial charge < -0.3 is 9.47 Å². The second-order valence-corrected chi connectivity index (χ2v) is 4.26. The fourth-order valence-corrected chi connectivity index (χ4v) is 1.77. The lowest BCUT2D eigenvalue weighted by molar-refractivity contribution is 0.0591. The molecule has 0 spiro atoms. The van der Waals surface area contributed by atoms with E-state index in [1.807, 2.05) is 18.2 Å². The molecule has 0 amide bonds. The van der Waals surface area contributed by atoms with E-state index in [2.05, 4.69) is 6.92 Å². The quantitative estimate of drug-likeness (QED) is 0.522. The summed E-state index contributed by atoms with van der Waals surface area (Å²) in [5, 5.41) is 0. The van der Waals surface area contributed by atoms with E-state index in [0.29, 0.717) is 12.2 Å². The van der Waals surface area contributed by atoms with Crippen molar-refractivity contribution in [1.29, 1.82) is 0 Å². The molecule has 0 aliphatic heterocycles. The summed E-state index contributed by atoms with van der Waals surface area (Å²) < 4.78 is 10.3. The standard InChI is InChI=1S/C15H22O3/c1-3-4-5-8-11-18-12-13-9-6-7-10-14(13)15(16)17-2/h6-7,9-10H,3-5,8,11-12H2,1-2H3. The molecule has 0 atom stereocenters. The van der Waals surface area contributed by atoms with Crippen LogP contribution in [-0.2, 0) is 16.1 Å². The first-order valence-corrected chi connectivity index (χ1v) is 6.53. The van der Waals surface area contributed by atoms with Gasteiger partial charge in [0.1, 0.15) is 0 Å². The minimum Gasteiger partial charge on any atom is -0.465 e. The molecule has 100 valence electrons. The Labute approximate surface area is 109 Å². The van der Waals surface area contributed by atoms with E-state index in [9.17, 15) is 4.79 Å². The monoisotopic (exact) mass is 250 g/mol. The average Bonchev–Trinajstić information content (AvgIpc) is 2.42. The number of unbranched alkanes of at least 4 members (excludes halogenated alkanes) is 3. The molecule has 1 aromatic carbocycles. The van der Waals surface area contributed by atoms with Gasteiger partial charge in [0.15, 0.2) is 0 Å². The number of hydrogen-bond acceptors (Lipinski definition) is 3. The second-order valence-electron chi connectivity index (χ2n) is 4.26. The van der Waals surface area contributed by atoms with Crippen molar-refractivity contribution in [3.05, 3.63) is 35.4 Å². The molecule has 0 bridgehead atoms. The maximum Gasteiger partial charge on any atom is 0.338 e. The Balaban J connectivity index is 2.39. The lowest BCUT2D eigenvalue weighted by Gasteiger charge is -2.08. The summed E-state index contributed by atoms with van der Waals surface area (Å²) in [4.78, 5) is 11.5. The smallest absolute Gasteiger partial charge is 0.338 e. The van der Waals surface area contributed by atoms with E-state index in [1.165, 1.54) is 26.4 Å². The van der Waals surface area contributed by atoms with Crippen LogP contribution in [0.1, 0.15) is 48.5 Å². The molecular weight excluding hydrogens is 228 g/mol. The number of esters is 1. The topological polar surface area (TPSA) is 35.5 Å². The van der Waals surface area contributed by atoms with Gasteiger partial charge in [-0.15, -0.1) is 0 Å². The predicted molar refractivity (Wildman–Crippen MR) is 71.6 cm³/mol. The van der Waals surface area contributed by atoms with Gasteiger partial charge in [-0.25, -0.2) is 4.79 Å². The van der Waals surface area contributed by atoms with E-state index in [0.717, 1.165) is 18.6 Å². The Morgan fingerprint density at radius 1 is 1.17 bits per heavy atom. The Kier molecular flexibility index (Phi) is 7.11. The largest absolute Gasteiger partial charge is 0.465 e. The van der Waals surface area contributed by atoms with Crippen molar-refractivity contribution in [2.24, 2.45) is 0 Å². The molecule has 0 aromatic heterocycles. The van der Waals surface area contributed by atoms with Crippen molar-refractivity contribution in [2.75, 3.05) is 13.7 Å². The molecule has 0 fully saturated rings. The van der Waals surface area contributed by atoms with Gasteiger partial charge in [-0.2, -0.15) is 0 Å². The number of rotatable bonds is 8. The Morgan fingerprint density at radius 3 is 2.67 bits per heavy atom. The molecule has 0 saturated heterocycles. The zero-order valence-electron chi connectivity index (χ0n) is 11.3. The van der Waals surface area contributed by atoms with Gasteiger partial charge in [-0.1, -0.05) is 44.4 Å². The average molecular weight is 250 g/mol. The third-order valence-electron chi connectivity index (χ3n) is 2.82. The predicted octanol–water partition coefficient (Wildman–Crippen LogP) is 3.57. The molecule has 18 heavy (non-hydrogen) atoms. The van der Waals surface area contributed by atoms with Crippen LogP contribution in [0.2, 0.25) is 0 Å². The lowest BCUT2D eigenvalue weighted by atomic mass is 10.1. The van der Waals surface area contributed by atoms with Crippen LogP contribution in [0.5, 0.6) is 0 Å². The Hall–Kier alpha value is -1.35. The minimum atomic E-state index is -0.305. The van der Waals surface area contributed by atoms with Crippen LogP contribution in [0.25, 0.3) is 0 Å². The number of benzene rings is 1. The van der Waals surface area contributed by atoms with Gasteiger partial charge in [0.25, 0.3) is 0 Å². The number of carbonyl (C=O) groups excluding carboxylic acids is 1. The number of ether oxygens (including phenoxy) is 2. The van der Waals surface area contributed by atoms with Gasteiger partial charge in [0, 0.05) is 6.61 Å². The van der Waals surface area contributed by atoms with Crippen LogP contribution in [-0.4, -0.2) is 19.7 Å². The van der Waals surface area contributed by atoms with Crippen molar-refractivity contribution in [2.45, 2.75) is 39.2 Å². The van der Waals surface area contributed by atoms with Gasteiger partial charge in [-0.3, -0.25) is 0 Å². The van der Waals surface area contributed by atoms with Gasteiger partial charge in [0.2, 0.25) is 0 Å². The minimum absolute atomic E-state index is 0.305. The van der Waals surface area contributed by atoms with Crippen LogP contribution < -0.4 is 0 Å². The third kappa shape index (κ3) is 4.88. The third-order valence-corrected chi connectivity index (χ3v) is 2.82. The van der Waals surface area contributed by atoms with Gasteiger partial charge in [-0.05, 0) is 18.1 Å². The highest BCUT2D eigenvalue weighted by atomic mass is 16.5. The van der Waals surface area contributed by atoms with Crippen LogP contribution in [0.3, 0.4) is 0 Å². The second kappa shape index (κ2) is 8.70. The molecule has 3 heteroatoms. The van der Waals surface area contributed by atoms with E-state index in [4.69, 9.17) is 9.47 Å². The van der Waals surface area contributed by atoms with Crippen molar-refractivity contribution >= 4 is 5.97 Å². The van der Waals surface area contributed by atoms with E-state index >= 15 is 0 Å². The maximum atomic E-state index is 11.5. The zero-order valence-corrected chi connectivity index (χ0v) is 11.3. The molecule has 1 rings (SSSR count). The summed E-state index contributed by atoms with van der Waals surface area (Å²) in [6.45, 7) is 3.40. The summed E-state index contributed by atoms with van der Waals surface area (Å²) >= 11 is 0.